The van der Waals surface area contributed by atoms with Gasteiger partial charge in [-0.05, 0) is 47.9 Å². The molecule has 3 rings (SSSR count). The highest BCUT2D eigenvalue weighted by atomic mass is 16.5. The molecular formula is C18H15NO3. The standard InChI is InChI=1S/C18H15NO3/c1-11-9-12(7-8-16(11)22-2)10-15-13-5-3-4-6-14(13)17(20)19-18(15)21/h3-10H,1-2H3,(H,19,20,21)/b15-10-. The van der Waals surface area contributed by atoms with E-state index in [4.69, 9.17) is 4.74 Å². The Hall–Kier alpha value is -2.88. The largest absolute Gasteiger partial charge is 0.496 e. The van der Waals surface area contributed by atoms with Crippen molar-refractivity contribution in [3.05, 3.63) is 64.7 Å². The number of hydrogen-bond acceptors (Lipinski definition) is 3. The third-order valence-corrected chi connectivity index (χ3v) is 3.66. The molecule has 1 heterocycles. The minimum Gasteiger partial charge on any atom is -0.496 e. The number of hydrogen-bond donors (Lipinski definition) is 1. The maximum absolute atomic E-state index is 12.2. The van der Waals surface area contributed by atoms with E-state index < -0.39 is 0 Å². The van der Waals surface area contributed by atoms with Gasteiger partial charge in [-0.1, -0.05) is 24.3 Å². The average molecular weight is 293 g/mol. The molecule has 1 N–H and O–H groups in total. The quantitative estimate of drug-likeness (QED) is 0.684. The smallest absolute Gasteiger partial charge is 0.258 e. The van der Waals surface area contributed by atoms with E-state index in [1.54, 1.807) is 31.4 Å². The van der Waals surface area contributed by atoms with Crippen LogP contribution >= 0.6 is 0 Å². The Morgan fingerprint density at radius 1 is 1.00 bits per heavy atom. The lowest BCUT2D eigenvalue weighted by molar-refractivity contribution is -0.114. The van der Waals surface area contributed by atoms with Gasteiger partial charge in [0.25, 0.3) is 11.8 Å². The summed E-state index contributed by atoms with van der Waals surface area (Å²) in [5.41, 5.74) is 3.52. The summed E-state index contributed by atoms with van der Waals surface area (Å²) in [5, 5.41) is 2.37. The lowest BCUT2D eigenvalue weighted by Crippen LogP contribution is -2.36. The van der Waals surface area contributed by atoms with E-state index in [-0.39, 0.29) is 11.8 Å². The second-order valence-corrected chi connectivity index (χ2v) is 5.12. The topological polar surface area (TPSA) is 55.4 Å². The monoisotopic (exact) mass is 293 g/mol. The number of rotatable bonds is 2. The second kappa shape index (κ2) is 5.48. The van der Waals surface area contributed by atoms with Gasteiger partial charge < -0.3 is 4.74 Å². The fourth-order valence-corrected chi connectivity index (χ4v) is 2.58. The van der Waals surface area contributed by atoms with Crippen molar-refractivity contribution in [1.29, 1.82) is 0 Å². The van der Waals surface area contributed by atoms with Crippen molar-refractivity contribution in [2.24, 2.45) is 0 Å². The third-order valence-electron chi connectivity index (χ3n) is 3.66. The number of methoxy groups -OCH3 is 1. The Morgan fingerprint density at radius 3 is 2.41 bits per heavy atom. The van der Waals surface area contributed by atoms with Crippen molar-refractivity contribution in [2.75, 3.05) is 7.11 Å². The minimum atomic E-state index is -0.378. The number of aryl methyl sites for hydroxylation is 1. The van der Waals surface area contributed by atoms with Gasteiger partial charge in [0.15, 0.2) is 0 Å². The van der Waals surface area contributed by atoms with Gasteiger partial charge in [-0.2, -0.15) is 0 Å². The van der Waals surface area contributed by atoms with Crippen LogP contribution in [0.2, 0.25) is 0 Å². The van der Waals surface area contributed by atoms with Gasteiger partial charge in [-0.3, -0.25) is 14.9 Å². The molecule has 4 nitrogen and oxygen atoms in total. The SMILES string of the molecule is COc1ccc(/C=C2\C(=O)NC(=O)c3ccccc32)cc1C. The fourth-order valence-electron chi connectivity index (χ4n) is 2.58. The van der Waals surface area contributed by atoms with Gasteiger partial charge in [-0.25, -0.2) is 0 Å². The third kappa shape index (κ3) is 2.39. The molecule has 0 fully saturated rings. The van der Waals surface area contributed by atoms with E-state index in [9.17, 15) is 9.59 Å². The highest BCUT2D eigenvalue weighted by molar-refractivity contribution is 6.33. The minimum absolute atomic E-state index is 0.358. The average Bonchev–Trinajstić information content (AvgIpc) is 2.51. The molecular weight excluding hydrogens is 278 g/mol. The van der Waals surface area contributed by atoms with E-state index in [1.807, 2.05) is 31.2 Å². The molecule has 0 radical (unpaired) electrons. The molecule has 0 aliphatic carbocycles. The van der Waals surface area contributed by atoms with Crippen LogP contribution in [0.25, 0.3) is 11.6 Å². The number of amides is 2. The predicted molar refractivity (Wildman–Crippen MR) is 84.5 cm³/mol. The summed E-state index contributed by atoms with van der Waals surface area (Å²) in [6.07, 6.45) is 1.78. The van der Waals surface area contributed by atoms with Gasteiger partial charge in [0.05, 0.1) is 7.11 Å². The van der Waals surface area contributed by atoms with E-state index in [1.165, 1.54) is 0 Å². The normalized spacial score (nSPS) is 15.5. The molecule has 2 aromatic rings. The van der Waals surface area contributed by atoms with E-state index in [0.717, 1.165) is 16.9 Å². The summed E-state index contributed by atoms with van der Waals surface area (Å²) < 4.78 is 5.24. The lowest BCUT2D eigenvalue weighted by Gasteiger charge is -2.18. The van der Waals surface area contributed by atoms with Gasteiger partial charge in [0.1, 0.15) is 5.75 Å². The number of fused-ring (bicyclic) bond motifs is 1. The van der Waals surface area contributed by atoms with Crippen molar-refractivity contribution >= 4 is 23.5 Å². The molecule has 0 saturated heterocycles. The number of carbonyl (C=O) groups excluding carboxylic acids is 2. The van der Waals surface area contributed by atoms with Crippen LogP contribution in [-0.4, -0.2) is 18.9 Å². The Balaban J connectivity index is 2.10. The van der Waals surface area contributed by atoms with Gasteiger partial charge in [-0.15, -0.1) is 0 Å². The number of nitrogens with one attached hydrogen (secondary N) is 1. The van der Waals surface area contributed by atoms with Crippen LogP contribution < -0.4 is 10.1 Å². The molecule has 4 heteroatoms. The highest BCUT2D eigenvalue weighted by Crippen LogP contribution is 2.27. The molecule has 0 spiro atoms. The van der Waals surface area contributed by atoms with Gasteiger partial charge in [0, 0.05) is 11.1 Å². The molecule has 1 aliphatic heterocycles. The number of benzene rings is 2. The Labute approximate surface area is 128 Å². The van der Waals surface area contributed by atoms with Crippen LogP contribution in [0.15, 0.2) is 42.5 Å². The van der Waals surface area contributed by atoms with Gasteiger partial charge in [0.2, 0.25) is 0 Å². The maximum Gasteiger partial charge on any atom is 0.258 e. The predicted octanol–water partition coefficient (Wildman–Crippen LogP) is 2.81. The van der Waals surface area contributed by atoms with E-state index >= 15 is 0 Å². The highest BCUT2D eigenvalue weighted by Gasteiger charge is 2.26. The second-order valence-electron chi connectivity index (χ2n) is 5.12. The van der Waals surface area contributed by atoms with Crippen molar-refractivity contribution < 1.29 is 14.3 Å². The van der Waals surface area contributed by atoms with Crippen LogP contribution in [0.1, 0.15) is 27.0 Å². The first kappa shape index (κ1) is 14.1. The number of imide groups is 1. The lowest BCUT2D eigenvalue weighted by atomic mass is 9.93. The van der Waals surface area contributed by atoms with Crippen LogP contribution in [0, 0.1) is 6.92 Å². The summed E-state index contributed by atoms with van der Waals surface area (Å²) in [5.74, 6) is 0.0617. The van der Waals surface area contributed by atoms with Crippen LogP contribution in [0.3, 0.4) is 0 Å². The molecule has 1 aliphatic rings. The summed E-state index contributed by atoms with van der Waals surface area (Å²) in [7, 11) is 1.62. The zero-order valence-electron chi connectivity index (χ0n) is 12.3. The fraction of sp³-hybridized carbons (Fsp3) is 0.111. The first-order valence-electron chi connectivity index (χ1n) is 6.91. The summed E-state index contributed by atoms with van der Waals surface area (Å²) in [4.78, 5) is 24.0. The van der Waals surface area contributed by atoms with Gasteiger partial charge >= 0.3 is 0 Å². The molecule has 0 atom stereocenters. The van der Waals surface area contributed by atoms with Crippen LogP contribution in [-0.2, 0) is 4.79 Å². The van der Waals surface area contributed by atoms with Crippen LogP contribution in [0.4, 0.5) is 0 Å². The number of ether oxygens (including phenoxy) is 1. The zero-order chi connectivity index (χ0) is 15.7. The molecule has 0 unspecified atom stereocenters. The molecule has 110 valence electrons. The molecule has 2 aromatic carbocycles. The Bertz CT molecular complexity index is 806. The first-order valence-corrected chi connectivity index (χ1v) is 6.91. The van der Waals surface area contributed by atoms with Crippen molar-refractivity contribution in [3.63, 3.8) is 0 Å². The summed E-state index contributed by atoms with van der Waals surface area (Å²) >= 11 is 0. The van der Waals surface area contributed by atoms with Crippen molar-refractivity contribution in [1.82, 2.24) is 5.32 Å². The summed E-state index contributed by atoms with van der Waals surface area (Å²) in [6, 6.07) is 12.8. The molecule has 0 saturated carbocycles. The van der Waals surface area contributed by atoms with E-state index in [2.05, 4.69) is 5.32 Å². The first-order chi connectivity index (χ1) is 10.6. The zero-order valence-corrected chi connectivity index (χ0v) is 12.3. The molecule has 2 amide bonds. The number of carbonyl (C=O) groups is 2. The Morgan fingerprint density at radius 2 is 1.73 bits per heavy atom. The van der Waals surface area contributed by atoms with E-state index in [0.29, 0.717) is 16.7 Å². The summed E-state index contributed by atoms with van der Waals surface area (Å²) in [6.45, 7) is 1.94. The van der Waals surface area contributed by atoms with Crippen molar-refractivity contribution in [2.45, 2.75) is 6.92 Å². The maximum atomic E-state index is 12.2. The molecule has 0 bridgehead atoms. The molecule has 0 aromatic heterocycles. The van der Waals surface area contributed by atoms with Crippen molar-refractivity contribution in [3.8, 4) is 5.75 Å². The van der Waals surface area contributed by atoms with Crippen LogP contribution in [0.5, 0.6) is 5.75 Å². The molecule has 22 heavy (non-hydrogen) atoms. The Kier molecular flexibility index (Phi) is 3.51.